The fourth-order valence-corrected chi connectivity index (χ4v) is 2.60. The highest BCUT2D eigenvalue weighted by atomic mass is 16.1. The van der Waals surface area contributed by atoms with Crippen molar-refractivity contribution in [3.63, 3.8) is 0 Å². The Morgan fingerprint density at radius 3 is 2.73 bits per heavy atom. The summed E-state index contributed by atoms with van der Waals surface area (Å²) in [5.74, 6) is 0.681. The Morgan fingerprint density at radius 2 is 1.86 bits per heavy atom. The lowest BCUT2D eigenvalue weighted by Gasteiger charge is -2.18. The second kappa shape index (κ2) is 5.04. The van der Waals surface area contributed by atoms with Crippen LogP contribution in [0.2, 0.25) is 0 Å². The summed E-state index contributed by atoms with van der Waals surface area (Å²) in [6.45, 7) is 0.585. The average molecular weight is 290 g/mol. The van der Waals surface area contributed by atoms with Crippen molar-refractivity contribution >= 4 is 22.9 Å². The molecule has 108 valence electrons. The molecule has 0 spiro atoms. The number of nitrogens with zero attached hydrogens (tertiary/aromatic N) is 2. The lowest BCUT2D eigenvalue weighted by atomic mass is 10.2. The van der Waals surface area contributed by atoms with E-state index in [-0.39, 0.29) is 5.91 Å². The number of carbonyl (C=O) groups is 1. The van der Waals surface area contributed by atoms with Gasteiger partial charge in [0.15, 0.2) is 0 Å². The fourth-order valence-electron chi connectivity index (χ4n) is 2.60. The van der Waals surface area contributed by atoms with E-state index < -0.39 is 0 Å². The number of para-hydroxylation sites is 2. The van der Waals surface area contributed by atoms with E-state index in [1.807, 2.05) is 42.5 Å². The maximum atomic E-state index is 12.2. The molecule has 0 aliphatic carbocycles. The maximum absolute atomic E-state index is 12.2. The topological polar surface area (TPSA) is 59.0 Å². The number of rotatable bonds is 2. The zero-order valence-corrected chi connectivity index (χ0v) is 11.8. The van der Waals surface area contributed by atoms with Crippen molar-refractivity contribution in [2.75, 3.05) is 5.32 Å². The zero-order valence-electron chi connectivity index (χ0n) is 11.8. The first kappa shape index (κ1) is 12.6. The number of fused-ring (bicyclic) bond motifs is 3. The Labute approximate surface area is 127 Å². The maximum Gasteiger partial charge on any atom is 0.255 e. The molecule has 2 N–H and O–H groups in total. The predicted molar refractivity (Wildman–Crippen MR) is 85.3 cm³/mol. The number of hydrogen-bond donors (Lipinski definition) is 2. The molecule has 1 aromatic heterocycles. The molecule has 2 heterocycles. The van der Waals surface area contributed by atoms with Crippen LogP contribution in [0.25, 0.3) is 11.0 Å². The molecule has 0 bridgehead atoms. The van der Waals surface area contributed by atoms with Gasteiger partial charge < -0.3 is 15.2 Å². The molecule has 0 atom stereocenters. The predicted octanol–water partition coefficient (Wildman–Crippen LogP) is 2.73. The molecular weight excluding hydrogens is 276 g/mol. The highest BCUT2D eigenvalue weighted by molar-refractivity contribution is 5.95. The molecule has 1 aliphatic heterocycles. The van der Waals surface area contributed by atoms with Crippen LogP contribution in [0.15, 0.2) is 66.5 Å². The average Bonchev–Trinajstić information content (AvgIpc) is 2.94. The standard InChI is InChI=1S/C17H14N4O/c22-16(12-6-2-1-3-7-12)19-13-10-18-17-20-14-8-4-5-9-15(14)21(17)11-13/h1-10H,11H2,(H,18,20)(H,19,22). The van der Waals surface area contributed by atoms with Crippen LogP contribution in [0.1, 0.15) is 10.4 Å². The van der Waals surface area contributed by atoms with E-state index in [2.05, 4.69) is 20.2 Å². The molecule has 5 heteroatoms. The first-order chi connectivity index (χ1) is 10.8. The first-order valence-corrected chi connectivity index (χ1v) is 7.08. The Bertz CT molecular complexity index is 880. The van der Waals surface area contributed by atoms with Gasteiger partial charge in [0, 0.05) is 11.8 Å². The second-order valence-electron chi connectivity index (χ2n) is 5.14. The van der Waals surface area contributed by atoms with E-state index in [1.54, 1.807) is 18.3 Å². The molecule has 5 nitrogen and oxygen atoms in total. The fraction of sp³-hybridized carbons (Fsp3) is 0.0588. The number of carbonyl (C=O) groups excluding carboxylic acids is 1. The minimum Gasteiger partial charge on any atom is -0.330 e. The number of nitrogens with one attached hydrogen (secondary N) is 2. The molecule has 1 aliphatic rings. The van der Waals surface area contributed by atoms with Gasteiger partial charge in [-0.3, -0.25) is 4.79 Å². The summed E-state index contributed by atoms with van der Waals surface area (Å²) in [4.78, 5) is 16.7. The zero-order chi connectivity index (χ0) is 14.9. The summed E-state index contributed by atoms with van der Waals surface area (Å²) in [6.07, 6.45) is 1.79. The monoisotopic (exact) mass is 290 g/mol. The van der Waals surface area contributed by atoms with Gasteiger partial charge in [0.1, 0.15) is 0 Å². The Morgan fingerprint density at radius 1 is 1.09 bits per heavy atom. The van der Waals surface area contributed by atoms with Crippen molar-refractivity contribution in [1.82, 2.24) is 14.9 Å². The van der Waals surface area contributed by atoms with Crippen LogP contribution in [-0.4, -0.2) is 15.5 Å². The molecule has 0 saturated carbocycles. The molecule has 0 fully saturated rings. The van der Waals surface area contributed by atoms with Gasteiger partial charge in [0.25, 0.3) is 5.91 Å². The van der Waals surface area contributed by atoms with Gasteiger partial charge >= 0.3 is 0 Å². The van der Waals surface area contributed by atoms with Crippen LogP contribution >= 0.6 is 0 Å². The minimum atomic E-state index is -0.110. The van der Waals surface area contributed by atoms with Crippen molar-refractivity contribution < 1.29 is 4.79 Å². The highest BCUT2D eigenvalue weighted by Crippen LogP contribution is 2.23. The van der Waals surface area contributed by atoms with Crippen molar-refractivity contribution in [2.45, 2.75) is 6.54 Å². The number of hydrogen-bond acceptors (Lipinski definition) is 3. The number of allylic oxidation sites excluding steroid dienone is 1. The van der Waals surface area contributed by atoms with Gasteiger partial charge in [-0.05, 0) is 24.3 Å². The second-order valence-corrected chi connectivity index (χ2v) is 5.14. The molecule has 3 aromatic rings. The van der Waals surface area contributed by atoms with Crippen molar-refractivity contribution in [3.05, 3.63) is 72.1 Å². The number of benzene rings is 2. The number of aromatic nitrogens is 2. The lowest BCUT2D eigenvalue weighted by molar-refractivity contribution is 0.0964. The van der Waals surface area contributed by atoms with Crippen molar-refractivity contribution in [2.24, 2.45) is 0 Å². The van der Waals surface area contributed by atoms with Gasteiger partial charge in [-0.25, -0.2) is 4.98 Å². The molecular formula is C17H14N4O. The smallest absolute Gasteiger partial charge is 0.255 e. The van der Waals surface area contributed by atoms with Crippen LogP contribution in [0.4, 0.5) is 5.95 Å². The molecule has 22 heavy (non-hydrogen) atoms. The van der Waals surface area contributed by atoms with E-state index in [0.717, 1.165) is 22.7 Å². The SMILES string of the molecule is O=C(NC1=CNc2nc3ccccc3n2C1)c1ccccc1. The molecule has 0 unspecified atom stereocenters. The van der Waals surface area contributed by atoms with Crippen LogP contribution in [-0.2, 0) is 6.54 Å². The van der Waals surface area contributed by atoms with Gasteiger partial charge in [-0.15, -0.1) is 0 Å². The lowest BCUT2D eigenvalue weighted by Crippen LogP contribution is -2.28. The van der Waals surface area contributed by atoms with Crippen molar-refractivity contribution in [3.8, 4) is 0 Å². The van der Waals surface area contributed by atoms with Gasteiger partial charge in [0.2, 0.25) is 5.95 Å². The minimum absolute atomic E-state index is 0.110. The number of amides is 1. The first-order valence-electron chi connectivity index (χ1n) is 7.08. The summed E-state index contributed by atoms with van der Waals surface area (Å²) in [5.41, 5.74) is 3.44. The summed E-state index contributed by atoms with van der Waals surface area (Å²) in [6, 6.07) is 17.1. The summed E-state index contributed by atoms with van der Waals surface area (Å²) >= 11 is 0. The Kier molecular flexibility index (Phi) is 2.89. The van der Waals surface area contributed by atoms with Gasteiger partial charge in [0.05, 0.1) is 23.3 Å². The van der Waals surface area contributed by atoms with Crippen LogP contribution in [0, 0.1) is 0 Å². The van der Waals surface area contributed by atoms with E-state index in [1.165, 1.54) is 0 Å². The van der Waals surface area contributed by atoms with Crippen LogP contribution < -0.4 is 10.6 Å². The summed E-state index contributed by atoms with van der Waals surface area (Å²) < 4.78 is 2.05. The summed E-state index contributed by atoms with van der Waals surface area (Å²) in [7, 11) is 0. The normalized spacial score (nSPS) is 13.2. The van der Waals surface area contributed by atoms with E-state index in [0.29, 0.717) is 12.1 Å². The third-order valence-electron chi connectivity index (χ3n) is 3.67. The van der Waals surface area contributed by atoms with Gasteiger partial charge in [-0.1, -0.05) is 30.3 Å². The van der Waals surface area contributed by atoms with E-state index in [4.69, 9.17) is 0 Å². The Hall–Kier alpha value is -3.08. The molecule has 1 amide bonds. The summed E-state index contributed by atoms with van der Waals surface area (Å²) in [5, 5.41) is 6.08. The third-order valence-corrected chi connectivity index (χ3v) is 3.67. The quantitative estimate of drug-likeness (QED) is 0.763. The molecule has 4 rings (SSSR count). The Balaban J connectivity index is 1.58. The van der Waals surface area contributed by atoms with E-state index in [9.17, 15) is 4.79 Å². The van der Waals surface area contributed by atoms with Crippen molar-refractivity contribution in [1.29, 1.82) is 0 Å². The third kappa shape index (κ3) is 2.13. The molecule has 0 radical (unpaired) electrons. The van der Waals surface area contributed by atoms with Crippen LogP contribution in [0.5, 0.6) is 0 Å². The highest BCUT2D eigenvalue weighted by Gasteiger charge is 2.17. The molecule has 0 saturated heterocycles. The largest absolute Gasteiger partial charge is 0.330 e. The number of imidazole rings is 1. The van der Waals surface area contributed by atoms with Gasteiger partial charge in [-0.2, -0.15) is 0 Å². The van der Waals surface area contributed by atoms with E-state index >= 15 is 0 Å². The van der Waals surface area contributed by atoms with Crippen LogP contribution in [0.3, 0.4) is 0 Å². The molecule has 2 aromatic carbocycles. The number of anilines is 1.